The number of hydrogen-bond donors (Lipinski definition) is 2. The highest BCUT2D eigenvalue weighted by Crippen LogP contribution is 2.17. The summed E-state index contributed by atoms with van der Waals surface area (Å²) in [5.41, 5.74) is 6.40. The van der Waals surface area contributed by atoms with E-state index in [1.54, 1.807) is 0 Å². The van der Waals surface area contributed by atoms with Crippen LogP contribution >= 0.6 is 12.4 Å². The average Bonchev–Trinajstić information content (AvgIpc) is 2.38. The van der Waals surface area contributed by atoms with Gasteiger partial charge in [-0.05, 0) is 18.4 Å². The lowest BCUT2D eigenvalue weighted by molar-refractivity contribution is -0.129. The van der Waals surface area contributed by atoms with Gasteiger partial charge in [0.1, 0.15) is 0 Å². The molecule has 0 spiro atoms. The van der Waals surface area contributed by atoms with E-state index in [1.165, 1.54) is 0 Å². The van der Waals surface area contributed by atoms with E-state index in [1.807, 2.05) is 30.3 Å². The molecule has 0 aromatic heterocycles. The number of benzene rings is 1. The predicted molar refractivity (Wildman–Crippen MR) is 72.5 cm³/mol. The highest BCUT2D eigenvalue weighted by atomic mass is 35.5. The van der Waals surface area contributed by atoms with Crippen LogP contribution in [0.3, 0.4) is 0 Å². The Hall–Kier alpha value is -1.10. The van der Waals surface area contributed by atoms with Gasteiger partial charge in [0, 0.05) is 19.8 Å². The van der Waals surface area contributed by atoms with E-state index >= 15 is 0 Å². The zero-order valence-electron chi connectivity index (χ0n) is 10.2. The van der Waals surface area contributed by atoms with Gasteiger partial charge in [0.05, 0.1) is 5.54 Å². The Morgan fingerprint density at radius 2 is 1.89 bits per heavy atom. The molecule has 0 bridgehead atoms. The molecule has 1 amide bonds. The largest absolute Gasteiger partial charge is 0.381 e. The summed E-state index contributed by atoms with van der Waals surface area (Å²) in [6.45, 7) is 1.66. The first-order chi connectivity index (χ1) is 8.21. The molecular formula is C13H19ClN2O2. The second kappa shape index (κ2) is 6.73. The summed E-state index contributed by atoms with van der Waals surface area (Å²) in [7, 11) is 0. The lowest BCUT2D eigenvalue weighted by atomic mass is 9.90. The fourth-order valence-electron chi connectivity index (χ4n) is 1.92. The molecule has 5 heteroatoms. The van der Waals surface area contributed by atoms with Crippen molar-refractivity contribution in [2.75, 3.05) is 13.2 Å². The van der Waals surface area contributed by atoms with Gasteiger partial charge in [0.25, 0.3) is 0 Å². The second-order valence-electron chi connectivity index (χ2n) is 4.44. The van der Waals surface area contributed by atoms with Gasteiger partial charge >= 0.3 is 0 Å². The van der Waals surface area contributed by atoms with E-state index < -0.39 is 5.54 Å². The van der Waals surface area contributed by atoms with Gasteiger partial charge in [0.15, 0.2) is 0 Å². The van der Waals surface area contributed by atoms with Crippen LogP contribution in [0.25, 0.3) is 0 Å². The fraction of sp³-hybridized carbons (Fsp3) is 0.462. The molecule has 1 saturated heterocycles. The van der Waals surface area contributed by atoms with E-state index in [9.17, 15) is 4.79 Å². The van der Waals surface area contributed by atoms with Gasteiger partial charge in [-0.3, -0.25) is 4.79 Å². The maximum absolute atomic E-state index is 12.0. The van der Waals surface area contributed by atoms with Gasteiger partial charge in [0.2, 0.25) is 5.91 Å². The maximum atomic E-state index is 12.0. The number of hydrogen-bond acceptors (Lipinski definition) is 3. The van der Waals surface area contributed by atoms with Crippen LogP contribution in [-0.2, 0) is 16.1 Å². The van der Waals surface area contributed by atoms with Crippen molar-refractivity contribution < 1.29 is 9.53 Å². The summed E-state index contributed by atoms with van der Waals surface area (Å²) >= 11 is 0. The van der Waals surface area contributed by atoms with Gasteiger partial charge in [-0.1, -0.05) is 30.3 Å². The molecular weight excluding hydrogens is 252 g/mol. The summed E-state index contributed by atoms with van der Waals surface area (Å²) in [5, 5.41) is 2.89. The van der Waals surface area contributed by atoms with E-state index in [-0.39, 0.29) is 18.3 Å². The van der Waals surface area contributed by atoms with Crippen LogP contribution in [0.5, 0.6) is 0 Å². The van der Waals surface area contributed by atoms with Crippen LogP contribution in [0.2, 0.25) is 0 Å². The van der Waals surface area contributed by atoms with Gasteiger partial charge < -0.3 is 15.8 Å². The third kappa shape index (κ3) is 3.70. The van der Waals surface area contributed by atoms with Crippen LogP contribution < -0.4 is 11.1 Å². The molecule has 1 aromatic carbocycles. The van der Waals surface area contributed by atoms with Crippen LogP contribution in [0, 0.1) is 0 Å². The summed E-state index contributed by atoms with van der Waals surface area (Å²) in [4.78, 5) is 12.0. The minimum atomic E-state index is -0.757. The number of halogens is 1. The van der Waals surface area contributed by atoms with Crippen molar-refractivity contribution in [2.24, 2.45) is 5.73 Å². The summed E-state index contributed by atoms with van der Waals surface area (Å²) in [6, 6.07) is 9.82. The molecule has 4 nitrogen and oxygen atoms in total. The van der Waals surface area contributed by atoms with Crippen molar-refractivity contribution in [3.05, 3.63) is 35.9 Å². The molecule has 100 valence electrons. The van der Waals surface area contributed by atoms with Crippen LogP contribution in [0.15, 0.2) is 30.3 Å². The smallest absolute Gasteiger partial charge is 0.240 e. The molecule has 0 unspecified atom stereocenters. The first-order valence-corrected chi connectivity index (χ1v) is 5.90. The quantitative estimate of drug-likeness (QED) is 0.868. The maximum Gasteiger partial charge on any atom is 0.240 e. The van der Waals surface area contributed by atoms with Gasteiger partial charge in [-0.2, -0.15) is 0 Å². The third-order valence-corrected chi connectivity index (χ3v) is 3.13. The first-order valence-electron chi connectivity index (χ1n) is 5.90. The molecule has 0 atom stereocenters. The zero-order valence-corrected chi connectivity index (χ0v) is 11.0. The molecule has 0 aliphatic carbocycles. The number of rotatable bonds is 3. The van der Waals surface area contributed by atoms with Gasteiger partial charge in [-0.25, -0.2) is 0 Å². The number of carbonyl (C=O) groups excluding carboxylic acids is 1. The summed E-state index contributed by atoms with van der Waals surface area (Å²) in [5.74, 6) is -0.0790. The number of ether oxygens (including phenoxy) is 1. The Balaban J connectivity index is 0.00000162. The molecule has 1 fully saturated rings. The Morgan fingerprint density at radius 1 is 1.28 bits per heavy atom. The highest BCUT2D eigenvalue weighted by molar-refractivity contribution is 5.86. The number of nitrogens with two attached hydrogens (primary N) is 1. The molecule has 2 rings (SSSR count). The molecule has 1 aliphatic rings. The lowest BCUT2D eigenvalue weighted by Gasteiger charge is -2.31. The van der Waals surface area contributed by atoms with Crippen LogP contribution in [-0.4, -0.2) is 24.7 Å². The minimum Gasteiger partial charge on any atom is -0.381 e. The topological polar surface area (TPSA) is 64.4 Å². The predicted octanol–water partition coefficient (Wildman–Crippen LogP) is 1.23. The standard InChI is InChI=1S/C13H18N2O2.ClH/c14-13(6-8-17-9-7-13)12(16)15-10-11-4-2-1-3-5-11;/h1-5H,6-10,14H2,(H,15,16);1H. The van der Waals surface area contributed by atoms with Crippen LogP contribution in [0.4, 0.5) is 0 Å². The number of amides is 1. The van der Waals surface area contributed by atoms with Crippen LogP contribution in [0.1, 0.15) is 18.4 Å². The normalized spacial score (nSPS) is 17.6. The van der Waals surface area contributed by atoms with E-state index in [2.05, 4.69) is 5.32 Å². The SMILES string of the molecule is Cl.NC1(C(=O)NCc2ccccc2)CCOCC1. The van der Waals surface area contributed by atoms with Gasteiger partial charge in [-0.15, -0.1) is 12.4 Å². The summed E-state index contributed by atoms with van der Waals surface area (Å²) < 4.78 is 5.22. The van der Waals surface area contributed by atoms with Crippen molar-refractivity contribution in [3.63, 3.8) is 0 Å². The van der Waals surface area contributed by atoms with Crippen molar-refractivity contribution in [2.45, 2.75) is 24.9 Å². The Bertz CT molecular complexity index is 378. The Kier molecular flexibility index (Phi) is 5.59. The number of carbonyl (C=O) groups is 1. The minimum absolute atomic E-state index is 0. The van der Waals surface area contributed by atoms with Crippen molar-refractivity contribution >= 4 is 18.3 Å². The molecule has 3 N–H and O–H groups in total. The fourth-order valence-corrected chi connectivity index (χ4v) is 1.92. The Labute approximate surface area is 113 Å². The van der Waals surface area contributed by atoms with E-state index in [0.717, 1.165) is 5.56 Å². The van der Waals surface area contributed by atoms with E-state index in [4.69, 9.17) is 10.5 Å². The van der Waals surface area contributed by atoms with Crippen molar-refractivity contribution in [1.82, 2.24) is 5.32 Å². The highest BCUT2D eigenvalue weighted by Gasteiger charge is 2.35. The Morgan fingerprint density at radius 3 is 2.50 bits per heavy atom. The molecule has 1 aromatic rings. The van der Waals surface area contributed by atoms with Crippen molar-refractivity contribution in [1.29, 1.82) is 0 Å². The molecule has 1 aliphatic heterocycles. The number of nitrogens with one attached hydrogen (secondary N) is 1. The molecule has 18 heavy (non-hydrogen) atoms. The molecule has 1 heterocycles. The molecule has 0 radical (unpaired) electrons. The first kappa shape index (κ1) is 15.0. The monoisotopic (exact) mass is 270 g/mol. The second-order valence-corrected chi connectivity index (χ2v) is 4.44. The molecule has 0 saturated carbocycles. The van der Waals surface area contributed by atoms with Crippen molar-refractivity contribution in [3.8, 4) is 0 Å². The van der Waals surface area contributed by atoms with E-state index in [0.29, 0.717) is 32.6 Å². The zero-order chi connectivity index (χ0) is 12.1. The summed E-state index contributed by atoms with van der Waals surface area (Å²) in [6.07, 6.45) is 1.18. The average molecular weight is 271 g/mol. The third-order valence-electron chi connectivity index (χ3n) is 3.13. The lowest BCUT2D eigenvalue weighted by Crippen LogP contribution is -2.56.